The van der Waals surface area contributed by atoms with Crippen LogP contribution in [0.25, 0.3) is 11.1 Å². The van der Waals surface area contributed by atoms with Crippen LogP contribution in [0.15, 0.2) is 42.5 Å². The van der Waals surface area contributed by atoms with Gasteiger partial charge in [0.25, 0.3) is 0 Å². The summed E-state index contributed by atoms with van der Waals surface area (Å²) >= 11 is 0. The van der Waals surface area contributed by atoms with Crippen LogP contribution in [0.3, 0.4) is 0 Å². The summed E-state index contributed by atoms with van der Waals surface area (Å²) in [5.74, 6) is 0.132. The van der Waals surface area contributed by atoms with E-state index in [9.17, 15) is 4.79 Å². The van der Waals surface area contributed by atoms with Gasteiger partial charge in [-0.3, -0.25) is 4.79 Å². The van der Waals surface area contributed by atoms with Crippen LogP contribution in [0, 0.1) is 6.92 Å². The van der Waals surface area contributed by atoms with Gasteiger partial charge in [-0.15, -0.1) is 0 Å². The van der Waals surface area contributed by atoms with Crippen LogP contribution in [0.1, 0.15) is 82.8 Å². The second-order valence-electron chi connectivity index (χ2n) is 10.3. The molecule has 3 heteroatoms. The largest absolute Gasteiger partial charge is 0.356 e. The highest BCUT2D eigenvalue weighted by Gasteiger charge is 2.27. The average Bonchev–Trinajstić information content (AvgIpc) is 2.81. The molecule has 182 valence electrons. The maximum Gasteiger partial charge on any atom is 0.219 e. The second-order valence-corrected chi connectivity index (χ2v) is 15.1. The van der Waals surface area contributed by atoms with E-state index >= 15 is 0 Å². The van der Waals surface area contributed by atoms with Gasteiger partial charge >= 0.3 is 0 Å². The lowest BCUT2D eigenvalue weighted by molar-refractivity contribution is -0.120. The van der Waals surface area contributed by atoms with Crippen molar-refractivity contribution in [1.29, 1.82) is 0 Å². The molecular formula is C30H47NOSi. The lowest BCUT2D eigenvalue weighted by Gasteiger charge is -2.28. The van der Waals surface area contributed by atoms with Crippen molar-refractivity contribution in [3.63, 3.8) is 0 Å². The molecule has 2 aromatic carbocycles. The minimum atomic E-state index is -1.59. The van der Waals surface area contributed by atoms with Crippen LogP contribution >= 0.6 is 0 Å². The molecule has 0 atom stereocenters. The van der Waals surface area contributed by atoms with Gasteiger partial charge in [0.1, 0.15) is 0 Å². The Labute approximate surface area is 204 Å². The van der Waals surface area contributed by atoms with Crippen molar-refractivity contribution < 1.29 is 4.79 Å². The Kier molecular flexibility index (Phi) is 11.9. The molecule has 33 heavy (non-hydrogen) atoms. The molecule has 2 aromatic rings. The molecule has 1 N–H and O–H groups in total. The van der Waals surface area contributed by atoms with Crippen molar-refractivity contribution >= 4 is 19.2 Å². The molecule has 0 aliphatic rings. The highest BCUT2D eigenvalue weighted by molar-refractivity contribution is 6.90. The fraction of sp³-hybridized carbons (Fsp3) is 0.567. The number of benzene rings is 2. The molecule has 0 saturated carbocycles. The van der Waals surface area contributed by atoms with Crippen LogP contribution in [0.5, 0.6) is 0 Å². The van der Waals surface area contributed by atoms with Crippen LogP contribution in [-0.2, 0) is 11.2 Å². The SMILES string of the molecule is CCCCCCCCCC[Si](C)(C)c1cccc(CCNC(=O)CC)c1-c1ccc(C)cc1. The average molecular weight is 466 g/mol. The number of hydrogen-bond acceptors (Lipinski definition) is 1. The summed E-state index contributed by atoms with van der Waals surface area (Å²) in [6.07, 6.45) is 12.4. The first-order valence-electron chi connectivity index (χ1n) is 13.3. The Morgan fingerprint density at radius 3 is 2.12 bits per heavy atom. The molecule has 0 radical (unpaired) electrons. The summed E-state index contributed by atoms with van der Waals surface area (Å²) in [5, 5.41) is 4.64. The topological polar surface area (TPSA) is 29.1 Å². The fourth-order valence-corrected chi connectivity index (χ4v) is 7.66. The lowest BCUT2D eigenvalue weighted by atomic mass is 9.96. The van der Waals surface area contributed by atoms with Gasteiger partial charge in [-0.25, -0.2) is 0 Å². The Morgan fingerprint density at radius 1 is 0.848 bits per heavy atom. The van der Waals surface area contributed by atoms with E-state index in [1.165, 1.54) is 79.7 Å². The molecule has 0 saturated heterocycles. The number of carbonyl (C=O) groups is 1. The molecule has 2 rings (SSSR count). The Bertz CT molecular complexity index is 841. The van der Waals surface area contributed by atoms with Crippen LogP contribution in [0.2, 0.25) is 19.1 Å². The van der Waals surface area contributed by atoms with Crippen LogP contribution in [-0.4, -0.2) is 20.5 Å². The molecule has 0 bridgehead atoms. The first-order valence-corrected chi connectivity index (χ1v) is 16.6. The van der Waals surface area contributed by atoms with Gasteiger partial charge in [0.2, 0.25) is 5.91 Å². The van der Waals surface area contributed by atoms with E-state index in [0.29, 0.717) is 13.0 Å². The zero-order chi connectivity index (χ0) is 24.1. The highest BCUT2D eigenvalue weighted by Crippen LogP contribution is 2.28. The summed E-state index contributed by atoms with van der Waals surface area (Å²) < 4.78 is 0. The van der Waals surface area contributed by atoms with E-state index in [1.807, 2.05) is 6.92 Å². The number of aryl methyl sites for hydroxylation is 1. The fourth-order valence-electron chi connectivity index (χ4n) is 4.73. The number of hydrogen-bond donors (Lipinski definition) is 1. The number of carbonyl (C=O) groups excluding carboxylic acids is 1. The highest BCUT2D eigenvalue weighted by atomic mass is 28.3. The summed E-state index contributed by atoms with van der Waals surface area (Å²) in [4.78, 5) is 11.8. The molecule has 0 spiro atoms. The molecule has 0 unspecified atom stereocenters. The number of amides is 1. The third-order valence-electron chi connectivity index (χ3n) is 6.91. The van der Waals surface area contributed by atoms with Crippen molar-refractivity contribution in [3.05, 3.63) is 53.6 Å². The quantitative estimate of drug-likeness (QED) is 0.211. The summed E-state index contributed by atoms with van der Waals surface area (Å²) in [5.41, 5.74) is 5.41. The Morgan fingerprint density at radius 2 is 1.48 bits per heavy atom. The van der Waals surface area contributed by atoms with Gasteiger partial charge in [0.15, 0.2) is 0 Å². The molecule has 0 aliphatic heterocycles. The van der Waals surface area contributed by atoms with Crippen molar-refractivity contribution in [2.75, 3.05) is 6.54 Å². The number of rotatable bonds is 15. The predicted molar refractivity (Wildman–Crippen MR) is 148 cm³/mol. The molecule has 0 heterocycles. The maximum atomic E-state index is 11.8. The minimum Gasteiger partial charge on any atom is -0.356 e. The summed E-state index contributed by atoms with van der Waals surface area (Å²) in [6, 6.07) is 17.2. The van der Waals surface area contributed by atoms with Gasteiger partial charge in [-0.1, -0.05) is 138 Å². The van der Waals surface area contributed by atoms with E-state index in [-0.39, 0.29) is 5.91 Å². The van der Waals surface area contributed by atoms with Crippen LogP contribution < -0.4 is 10.5 Å². The minimum absolute atomic E-state index is 0.132. The van der Waals surface area contributed by atoms with Crippen LogP contribution in [0.4, 0.5) is 0 Å². The van der Waals surface area contributed by atoms with Gasteiger partial charge in [0, 0.05) is 13.0 Å². The molecular weight excluding hydrogens is 418 g/mol. The predicted octanol–water partition coefficient (Wildman–Crippen LogP) is 7.79. The maximum absolute atomic E-state index is 11.8. The van der Waals surface area contributed by atoms with Gasteiger partial charge in [0.05, 0.1) is 8.07 Å². The molecule has 2 nitrogen and oxygen atoms in total. The number of nitrogens with one attached hydrogen (secondary N) is 1. The zero-order valence-corrected chi connectivity index (χ0v) is 22.9. The third-order valence-corrected chi connectivity index (χ3v) is 10.4. The Hall–Kier alpha value is -1.87. The monoisotopic (exact) mass is 465 g/mol. The summed E-state index contributed by atoms with van der Waals surface area (Å²) in [6.45, 7) is 12.1. The van der Waals surface area contributed by atoms with Crippen molar-refractivity contribution in [2.45, 2.75) is 104 Å². The van der Waals surface area contributed by atoms with Gasteiger partial charge in [-0.05, 0) is 30.0 Å². The van der Waals surface area contributed by atoms with E-state index in [4.69, 9.17) is 0 Å². The zero-order valence-electron chi connectivity index (χ0n) is 21.9. The number of unbranched alkanes of at least 4 members (excludes halogenated alkanes) is 7. The first-order chi connectivity index (χ1) is 15.9. The van der Waals surface area contributed by atoms with Crippen molar-refractivity contribution in [3.8, 4) is 11.1 Å². The van der Waals surface area contributed by atoms with E-state index in [0.717, 1.165) is 6.42 Å². The second kappa shape index (κ2) is 14.4. The van der Waals surface area contributed by atoms with Gasteiger partial charge < -0.3 is 5.32 Å². The van der Waals surface area contributed by atoms with E-state index in [1.54, 1.807) is 5.19 Å². The smallest absolute Gasteiger partial charge is 0.219 e. The van der Waals surface area contributed by atoms with Crippen molar-refractivity contribution in [2.24, 2.45) is 0 Å². The molecule has 0 aromatic heterocycles. The third kappa shape index (κ3) is 9.12. The molecule has 1 amide bonds. The summed E-state index contributed by atoms with van der Waals surface area (Å²) in [7, 11) is -1.59. The Balaban J connectivity index is 2.15. The van der Waals surface area contributed by atoms with E-state index in [2.05, 4.69) is 74.7 Å². The van der Waals surface area contributed by atoms with Crippen molar-refractivity contribution in [1.82, 2.24) is 5.32 Å². The van der Waals surface area contributed by atoms with Gasteiger partial charge in [-0.2, -0.15) is 0 Å². The lowest BCUT2D eigenvalue weighted by Crippen LogP contribution is -2.43. The first kappa shape index (κ1) is 27.4. The normalized spacial score (nSPS) is 11.5. The van der Waals surface area contributed by atoms with E-state index < -0.39 is 8.07 Å². The molecule has 0 aliphatic carbocycles. The molecule has 0 fully saturated rings. The standard InChI is InChI=1S/C30H47NOSi/c1-6-8-9-10-11-12-13-14-24-33(4,5)28-17-15-16-26(22-23-31-29(32)7-2)30(28)27-20-18-25(3)19-21-27/h15-21H,6-14,22-24H2,1-5H3,(H,31,32).